The van der Waals surface area contributed by atoms with Crippen LogP contribution >= 0.6 is 15.9 Å². The number of nitrogens with zero attached hydrogens (tertiary/aromatic N) is 3. The molecule has 3 nitrogen and oxygen atoms in total. The molecule has 0 fully saturated rings. The van der Waals surface area contributed by atoms with Crippen molar-refractivity contribution >= 4 is 21.9 Å². The first-order valence-electron chi connectivity index (χ1n) is 5.89. The van der Waals surface area contributed by atoms with Gasteiger partial charge in [0.15, 0.2) is 0 Å². The van der Waals surface area contributed by atoms with Gasteiger partial charge in [-0.3, -0.25) is 0 Å². The monoisotopic (exact) mass is 295 g/mol. The molecule has 2 heterocycles. The van der Waals surface area contributed by atoms with Crippen LogP contribution in [0, 0.1) is 5.41 Å². The highest BCUT2D eigenvalue weighted by Gasteiger charge is 2.22. The molecular formula is C13H18BrN3. The Bertz CT molecular complexity index is 417. The van der Waals surface area contributed by atoms with Gasteiger partial charge in [-0.15, -0.1) is 0 Å². The summed E-state index contributed by atoms with van der Waals surface area (Å²) >= 11 is 3.35. The Morgan fingerprint density at radius 2 is 1.88 bits per heavy atom. The molecular weight excluding hydrogens is 278 g/mol. The topological polar surface area (TPSA) is 29.0 Å². The summed E-state index contributed by atoms with van der Waals surface area (Å²) in [5.41, 5.74) is 1.82. The van der Waals surface area contributed by atoms with Gasteiger partial charge in [-0.05, 0) is 27.8 Å². The molecule has 0 saturated carbocycles. The van der Waals surface area contributed by atoms with Gasteiger partial charge in [-0.1, -0.05) is 32.4 Å². The minimum atomic E-state index is 0.284. The second kappa shape index (κ2) is 4.77. The van der Waals surface area contributed by atoms with Crippen molar-refractivity contribution in [3.05, 3.63) is 28.5 Å². The van der Waals surface area contributed by atoms with Gasteiger partial charge in [0.1, 0.15) is 0 Å². The van der Waals surface area contributed by atoms with E-state index in [1.54, 1.807) is 12.4 Å². The van der Waals surface area contributed by atoms with E-state index in [4.69, 9.17) is 0 Å². The summed E-state index contributed by atoms with van der Waals surface area (Å²) in [5, 5.41) is 0. The van der Waals surface area contributed by atoms with Crippen LogP contribution in [0.25, 0.3) is 0 Å². The fourth-order valence-corrected chi connectivity index (χ4v) is 2.21. The van der Waals surface area contributed by atoms with E-state index in [0.717, 1.165) is 29.9 Å². The molecule has 0 bridgehead atoms. The first kappa shape index (κ1) is 12.6. The normalized spacial score (nSPS) is 16.9. The Hall–Kier alpha value is -0.900. The van der Waals surface area contributed by atoms with E-state index in [9.17, 15) is 0 Å². The van der Waals surface area contributed by atoms with E-state index >= 15 is 0 Å². The molecule has 0 N–H and O–H groups in total. The lowest BCUT2D eigenvalue weighted by Crippen LogP contribution is -2.32. The summed E-state index contributed by atoms with van der Waals surface area (Å²) in [4.78, 5) is 10.9. The molecule has 0 unspecified atom stereocenters. The number of anilines is 1. The Morgan fingerprint density at radius 1 is 1.24 bits per heavy atom. The predicted octanol–water partition coefficient (Wildman–Crippen LogP) is 3.42. The van der Waals surface area contributed by atoms with Gasteiger partial charge in [0.2, 0.25) is 5.95 Å². The Kier molecular flexibility index (Phi) is 3.52. The zero-order valence-corrected chi connectivity index (χ0v) is 12.2. The van der Waals surface area contributed by atoms with Crippen LogP contribution in [0.4, 0.5) is 5.95 Å². The van der Waals surface area contributed by atoms with Gasteiger partial charge in [-0.25, -0.2) is 9.97 Å². The Balaban J connectivity index is 2.09. The van der Waals surface area contributed by atoms with Gasteiger partial charge in [-0.2, -0.15) is 0 Å². The molecule has 92 valence electrons. The van der Waals surface area contributed by atoms with E-state index in [-0.39, 0.29) is 5.41 Å². The molecule has 0 aliphatic carbocycles. The zero-order valence-electron chi connectivity index (χ0n) is 10.6. The van der Waals surface area contributed by atoms with Gasteiger partial charge in [0.05, 0.1) is 4.47 Å². The highest BCUT2D eigenvalue weighted by molar-refractivity contribution is 9.10. The van der Waals surface area contributed by atoms with Crippen molar-refractivity contribution in [3.8, 4) is 0 Å². The van der Waals surface area contributed by atoms with E-state index in [2.05, 4.69) is 57.6 Å². The molecule has 0 amide bonds. The second-order valence-electron chi connectivity index (χ2n) is 5.38. The first-order valence-corrected chi connectivity index (χ1v) is 6.68. The fourth-order valence-electron chi connectivity index (χ4n) is 2.00. The molecule has 2 rings (SSSR count). The maximum atomic E-state index is 4.33. The quantitative estimate of drug-likeness (QED) is 0.744. The van der Waals surface area contributed by atoms with E-state index < -0.39 is 0 Å². The smallest absolute Gasteiger partial charge is 0.225 e. The lowest BCUT2D eigenvalue weighted by molar-refractivity contribution is 0.471. The highest BCUT2D eigenvalue weighted by Crippen LogP contribution is 2.30. The summed E-state index contributed by atoms with van der Waals surface area (Å²) in [7, 11) is 0. The molecule has 0 saturated heterocycles. The molecule has 1 aliphatic heterocycles. The number of hydrogen-bond acceptors (Lipinski definition) is 3. The Labute approximate surface area is 111 Å². The van der Waals surface area contributed by atoms with Gasteiger partial charge >= 0.3 is 0 Å². The van der Waals surface area contributed by atoms with Crippen LogP contribution in [0.2, 0.25) is 0 Å². The molecule has 0 aromatic carbocycles. The van der Waals surface area contributed by atoms with E-state index in [1.807, 2.05) is 0 Å². The average Bonchev–Trinajstić information content (AvgIpc) is 2.29. The van der Waals surface area contributed by atoms with Crippen molar-refractivity contribution < 1.29 is 0 Å². The van der Waals surface area contributed by atoms with Crippen LogP contribution in [0.5, 0.6) is 0 Å². The first-order chi connectivity index (χ1) is 7.97. The van der Waals surface area contributed by atoms with E-state index in [1.165, 1.54) is 5.57 Å². The molecule has 0 radical (unpaired) electrons. The maximum absolute atomic E-state index is 4.33. The van der Waals surface area contributed by atoms with Crippen LogP contribution in [-0.2, 0) is 0 Å². The minimum absolute atomic E-state index is 0.284. The molecule has 1 aliphatic rings. The third-order valence-electron chi connectivity index (χ3n) is 3.06. The lowest BCUT2D eigenvalue weighted by atomic mass is 9.83. The molecule has 17 heavy (non-hydrogen) atoms. The molecule has 0 atom stereocenters. The second-order valence-corrected chi connectivity index (χ2v) is 6.29. The number of aromatic nitrogens is 2. The van der Waals surface area contributed by atoms with Crippen molar-refractivity contribution in [3.63, 3.8) is 0 Å². The van der Waals surface area contributed by atoms with Crippen LogP contribution in [0.1, 0.15) is 27.2 Å². The summed E-state index contributed by atoms with van der Waals surface area (Å²) in [6.45, 7) is 8.72. The zero-order chi connectivity index (χ0) is 12.5. The van der Waals surface area contributed by atoms with Gasteiger partial charge in [0.25, 0.3) is 0 Å². The van der Waals surface area contributed by atoms with Crippen molar-refractivity contribution in [2.75, 3.05) is 18.0 Å². The third kappa shape index (κ3) is 3.06. The summed E-state index contributed by atoms with van der Waals surface area (Å²) in [5.74, 6) is 0.817. The SMILES string of the molecule is CC(C)(C)C1=CCN(c2ncc(Br)cn2)CC1. The minimum Gasteiger partial charge on any atom is -0.337 e. The number of halogens is 1. The molecule has 4 heteroatoms. The highest BCUT2D eigenvalue weighted by atomic mass is 79.9. The van der Waals surface area contributed by atoms with Crippen molar-refractivity contribution in [1.82, 2.24) is 9.97 Å². The van der Waals surface area contributed by atoms with Crippen molar-refractivity contribution in [2.24, 2.45) is 5.41 Å². The van der Waals surface area contributed by atoms with E-state index in [0.29, 0.717) is 0 Å². The third-order valence-corrected chi connectivity index (χ3v) is 3.47. The van der Waals surface area contributed by atoms with Crippen molar-refractivity contribution in [1.29, 1.82) is 0 Å². The summed E-state index contributed by atoms with van der Waals surface area (Å²) in [6.07, 6.45) is 7.01. The lowest BCUT2D eigenvalue weighted by Gasteiger charge is -2.32. The average molecular weight is 296 g/mol. The summed E-state index contributed by atoms with van der Waals surface area (Å²) < 4.78 is 0.921. The summed E-state index contributed by atoms with van der Waals surface area (Å²) in [6, 6.07) is 0. The van der Waals surface area contributed by atoms with Crippen LogP contribution < -0.4 is 4.90 Å². The molecule has 1 aromatic heterocycles. The van der Waals surface area contributed by atoms with Gasteiger partial charge < -0.3 is 4.90 Å². The van der Waals surface area contributed by atoms with Crippen LogP contribution in [0.15, 0.2) is 28.5 Å². The largest absolute Gasteiger partial charge is 0.337 e. The predicted molar refractivity (Wildman–Crippen MR) is 74.1 cm³/mol. The number of rotatable bonds is 1. The maximum Gasteiger partial charge on any atom is 0.225 e. The van der Waals surface area contributed by atoms with Crippen LogP contribution in [0.3, 0.4) is 0 Å². The standard InChI is InChI=1S/C13H18BrN3/c1-13(2,3)10-4-6-17(7-5-10)12-15-8-11(14)9-16-12/h4,8-9H,5-7H2,1-3H3. The molecule has 0 spiro atoms. The Morgan fingerprint density at radius 3 is 2.35 bits per heavy atom. The fraction of sp³-hybridized carbons (Fsp3) is 0.538. The van der Waals surface area contributed by atoms with Crippen molar-refractivity contribution in [2.45, 2.75) is 27.2 Å². The van der Waals surface area contributed by atoms with Gasteiger partial charge in [0, 0.05) is 25.5 Å². The van der Waals surface area contributed by atoms with Crippen LogP contribution in [-0.4, -0.2) is 23.1 Å². The number of hydrogen-bond donors (Lipinski definition) is 0. The molecule has 1 aromatic rings.